The van der Waals surface area contributed by atoms with Gasteiger partial charge in [0.1, 0.15) is 0 Å². The van der Waals surface area contributed by atoms with Gasteiger partial charge in [-0.2, -0.15) is 0 Å². The standard InChI is InChI=1S/C42H53N5O6/c1-10-14-17-47(9)37(49)18-29-40-28(15-16-38(50)52-12-3)24(6)33(45-40)19-31-25(7)30(22-48)36(44-31)20-32-23(5)27(11-2)35(43-32)21-34-26(8)39(41(29)46-34)42(51)53-13-4/h19-22,24,28,45,48H,10-18H2,1-9H3/b30-22-,32-20?,33-19?,34-21?,40-29?/t24-,28-/m0/s1. The number of carbonyl (C=O) groups excluding carboxylic acids is 3. The van der Waals surface area contributed by atoms with E-state index in [0.717, 1.165) is 58.6 Å². The number of aliphatic hydroxyl groups is 1. The van der Waals surface area contributed by atoms with Gasteiger partial charge in [0.2, 0.25) is 5.91 Å². The lowest BCUT2D eigenvalue weighted by atomic mass is 9.84. The summed E-state index contributed by atoms with van der Waals surface area (Å²) in [5.41, 5.74) is 10.1. The van der Waals surface area contributed by atoms with Crippen molar-refractivity contribution >= 4 is 35.0 Å². The van der Waals surface area contributed by atoms with Crippen molar-refractivity contribution < 1.29 is 29.0 Å². The highest BCUT2D eigenvalue weighted by Crippen LogP contribution is 2.43. The van der Waals surface area contributed by atoms with Crippen LogP contribution in [0.3, 0.4) is 0 Å². The summed E-state index contributed by atoms with van der Waals surface area (Å²) in [7, 11) is 1.80. The molecule has 0 aromatic rings. The molecule has 5 rings (SSSR count). The van der Waals surface area contributed by atoms with Gasteiger partial charge in [-0.05, 0) is 94.4 Å². The predicted molar refractivity (Wildman–Crippen MR) is 208 cm³/mol. The number of hydrogen-bond donors (Lipinski definition) is 2. The number of hydrogen-bond acceptors (Lipinski definition) is 10. The molecule has 2 N–H and O–H groups in total. The Morgan fingerprint density at radius 2 is 1.60 bits per heavy atom. The summed E-state index contributed by atoms with van der Waals surface area (Å²) in [5.74, 6) is -1.35. The van der Waals surface area contributed by atoms with Crippen LogP contribution in [0.25, 0.3) is 0 Å². The van der Waals surface area contributed by atoms with Crippen LogP contribution in [0.15, 0.2) is 107 Å². The molecule has 8 bridgehead atoms. The van der Waals surface area contributed by atoms with E-state index in [1.165, 1.54) is 0 Å². The minimum atomic E-state index is -0.521. The number of rotatable bonds is 12. The lowest BCUT2D eigenvalue weighted by Gasteiger charge is -2.22. The Morgan fingerprint density at radius 1 is 0.906 bits per heavy atom. The molecule has 1 fully saturated rings. The Bertz CT molecular complexity index is 1940. The summed E-state index contributed by atoms with van der Waals surface area (Å²) in [6, 6.07) is 0. The average molecular weight is 724 g/mol. The maximum Gasteiger partial charge on any atom is 0.340 e. The number of aliphatic imine (C=N–C) groups is 3. The number of fused-ring (bicyclic) bond motifs is 5. The zero-order valence-electron chi connectivity index (χ0n) is 32.6. The molecule has 0 aliphatic carbocycles. The SMILES string of the molecule is CCCCN(C)C(=O)CC1=C2NC(=CC3=C(C)/C(=C/O)C(=N3)C=C3N=C(C=C4N=C1C(C(=O)OCC)=C4C)C(CC)=C3C)[C@@H](C)[C@@H]2CCC(=O)OCC. The minimum Gasteiger partial charge on any atom is -0.515 e. The normalized spacial score (nSPS) is 21.7. The molecule has 0 saturated carbocycles. The summed E-state index contributed by atoms with van der Waals surface area (Å²) in [5, 5.41) is 14.0. The molecule has 0 radical (unpaired) electrons. The van der Waals surface area contributed by atoms with Gasteiger partial charge in [-0.25, -0.2) is 19.8 Å². The lowest BCUT2D eigenvalue weighted by Crippen LogP contribution is -2.31. The fourth-order valence-electron chi connectivity index (χ4n) is 7.44. The van der Waals surface area contributed by atoms with Crippen molar-refractivity contribution in [3.05, 3.63) is 92.0 Å². The minimum absolute atomic E-state index is 0.0325. The monoisotopic (exact) mass is 723 g/mol. The number of unbranched alkanes of at least 4 members (excludes halogenated alkanes) is 1. The van der Waals surface area contributed by atoms with Gasteiger partial charge in [-0.3, -0.25) is 9.59 Å². The van der Waals surface area contributed by atoms with Gasteiger partial charge in [0, 0.05) is 54.4 Å². The van der Waals surface area contributed by atoms with E-state index in [0.29, 0.717) is 64.5 Å². The second kappa shape index (κ2) is 16.7. The first-order valence-electron chi connectivity index (χ1n) is 18.8. The van der Waals surface area contributed by atoms with Crippen molar-refractivity contribution in [2.24, 2.45) is 26.8 Å². The van der Waals surface area contributed by atoms with Crippen molar-refractivity contribution in [3.63, 3.8) is 0 Å². The highest BCUT2D eigenvalue weighted by Gasteiger charge is 2.40. The predicted octanol–water partition coefficient (Wildman–Crippen LogP) is 7.44. The molecule has 0 aromatic heterocycles. The van der Waals surface area contributed by atoms with Gasteiger partial charge in [-0.1, -0.05) is 27.2 Å². The molecule has 5 aliphatic rings. The van der Waals surface area contributed by atoms with E-state index >= 15 is 0 Å². The Balaban J connectivity index is 1.84. The van der Waals surface area contributed by atoms with Crippen LogP contribution in [-0.2, 0) is 23.9 Å². The zero-order valence-corrected chi connectivity index (χ0v) is 32.6. The van der Waals surface area contributed by atoms with Crippen molar-refractivity contribution in [1.82, 2.24) is 10.2 Å². The molecule has 53 heavy (non-hydrogen) atoms. The fourth-order valence-corrected chi connectivity index (χ4v) is 7.44. The van der Waals surface area contributed by atoms with Gasteiger partial charge < -0.3 is 24.8 Å². The third kappa shape index (κ3) is 7.84. The second-order valence-corrected chi connectivity index (χ2v) is 13.9. The van der Waals surface area contributed by atoms with Crippen LogP contribution in [0.1, 0.15) is 93.9 Å². The Hall–Kier alpha value is -5.06. The zero-order chi connectivity index (χ0) is 38.6. The molecule has 11 heteroatoms. The maximum absolute atomic E-state index is 14.1. The summed E-state index contributed by atoms with van der Waals surface area (Å²) in [4.78, 5) is 57.6. The largest absolute Gasteiger partial charge is 0.515 e. The quantitative estimate of drug-likeness (QED) is 0.157. The number of esters is 2. The van der Waals surface area contributed by atoms with Gasteiger partial charge in [-0.15, -0.1) is 0 Å². The number of allylic oxidation sites excluding steroid dienone is 10. The second-order valence-electron chi connectivity index (χ2n) is 13.9. The van der Waals surface area contributed by atoms with Crippen LogP contribution < -0.4 is 5.32 Å². The van der Waals surface area contributed by atoms with Crippen LogP contribution in [0, 0.1) is 11.8 Å². The molecule has 1 amide bonds. The van der Waals surface area contributed by atoms with Gasteiger partial charge in [0.25, 0.3) is 0 Å². The van der Waals surface area contributed by atoms with E-state index in [1.54, 1.807) is 25.8 Å². The summed E-state index contributed by atoms with van der Waals surface area (Å²) in [6.45, 7) is 16.6. The van der Waals surface area contributed by atoms with E-state index in [9.17, 15) is 19.5 Å². The Kier molecular flexibility index (Phi) is 12.4. The van der Waals surface area contributed by atoms with Crippen LogP contribution in [0.5, 0.6) is 0 Å². The van der Waals surface area contributed by atoms with Crippen molar-refractivity contribution in [2.75, 3.05) is 26.8 Å². The maximum atomic E-state index is 14.1. The van der Waals surface area contributed by atoms with E-state index < -0.39 is 5.97 Å². The van der Waals surface area contributed by atoms with E-state index in [2.05, 4.69) is 26.1 Å². The molecule has 1 saturated heterocycles. The van der Waals surface area contributed by atoms with Crippen molar-refractivity contribution in [2.45, 2.75) is 93.9 Å². The third-order valence-corrected chi connectivity index (χ3v) is 10.6. The van der Waals surface area contributed by atoms with Crippen LogP contribution in [-0.4, -0.2) is 71.8 Å². The molecule has 0 aromatic carbocycles. The van der Waals surface area contributed by atoms with Gasteiger partial charge in [0.05, 0.1) is 65.7 Å². The van der Waals surface area contributed by atoms with Crippen molar-refractivity contribution in [1.29, 1.82) is 0 Å². The van der Waals surface area contributed by atoms with Gasteiger partial charge in [0.15, 0.2) is 0 Å². The Labute approximate surface area is 313 Å². The molecule has 5 heterocycles. The third-order valence-electron chi connectivity index (χ3n) is 10.6. The highest BCUT2D eigenvalue weighted by atomic mass is 16.5. The smallest absolute Gasteiger partial charge is 0.340 e. The summed E-state index contributed by atoms with van der Waals surface area (Å²) >= 11 is 0. The topological polar surface area (TPSA) is 142 Å². The first-order chi connectivity index (χ1) is 25.4. The van der Waals surface area contributed by atoms with Crippen LogP contribution in [0.2, 0.25) is 0 Å². The lowest BCUT2D eigenvalue weighted by molar-refractivity contribution is -0.143. The molecule has 2 atom stereocenters. The molecular weight excluding hydrogens is 670 g/mol. The molecule has 11 nitrogen and oxygen atoms in total. The van der Waals surface area contributed by atoms with E-state index in [-0.39, 0.29) is 49.8 Å². The summed E-state index contributed by atoms with van der Waals surface area (Å²) in [6.07, 6.45) is 9.91. The Morgan fingerprint density at radius 3 is 2.26 bits per heavy atom. The molecule has 0 spiro atoms. The highest BCUT2D eigenvalue weighted by molar-refractivity contribution is 6.31. The van der Waals surface area contributed by atoms with Crippen LogP contribution >= 0.6 is 0 Å². The van der Waals surface area contributed by atoms with E-state index in [4.69, 9.17) is 24.5 Å². The number of nitrogens with zero attached hydrogens (tertiary/aromatic N) is 4. The number of aliphatic hydroxyl groups excluding tert-OH is 1. The summed E-state index contributed by atoms with van der Waals surface area (Å²) < 4.78 is 11.0. The number of amides is 1. The molecular formula is C42H53N5O6. The number of nitrogens with one attached hydrogen (secondary N) is 1. The molecule has 5 aliphatic heterocycles. The first-order valence-corrected chi connectivity index (χ1v) is 18.8. The number of carbonyl (C=O) groups is 3. The molecule has 0 unspecified atom stereocenters. The average Bonchev–Trinajstić information content (AvgIpc) is 3.81. The fraction of sp³-hybridized carbons (Fsp3) is 0.476. The van der Waals surface area contributed by atoms with Crippen molar-refractivity contribution in [3.8, 4) is 0 Å². The number of ether oxygens (including phenoxy) is 2. The van der Waals surface area contributed by atoms with Crippen LogP contribution in [0.4, 0.5) is 0 Å². The van der Waals surface area contributed by atoms with Gasteiger partial charge >= 0.3 is 11.9 Å². The van der Waals surface area contributed by atoms with E-state index in [1.807, 2.05) is 39.0 Å². The molecule has 282 valence electrons. The first kappa shape index (κ1) is 39.2.